The summed E-state index contributed by atoms with van der Waals surface area (Å²) >= 11 is 0. The maximum atomic E-state index is 13.1. The molecule has 0 amide bonds. The fraction of sp³-hybridized carbons (Fsp3) is 0.897. The van der Waals surface area contributed by atoms with Crippen molar-refractivity contribution in [1.29, 1.82) is 0 Å². The van der Waals surface area contributed by atoms with Gasteiger partial charge in [-0.15, -0.1) is 0 Å². The van der Waals surface area contributed by atoms with Crippen molar-refractivity contribution in [2.24, 2.45) is 17.8 Å². The number of carbonyl (C=O) groups is 4. The van der Waals surface area contributed by atoms with Crippen LogP contribution in [0.1, 0.15) is 376 Å². The summed E-state index contributed by atoms with van der Waals surface area (Å²) in [6.07, 6.45) is 57.7. The van der Waals surface area contributed by atoms with Crippen molar-refractivity contribution in [1.82, 2.24) is 0 Å². The Morgan fingerprint density at radius 3 is 0.918 bits per heavy atom. The molecule has 0 fully saturated rings. The standard InChI is InChI=1S/C78H148O17P2/c1-8-10-11-12-13-14-15-16-18-23-28-33-38-47-54-61-77(82)95-74(66-89-76(81)60-53-46-41-40-44-51-58-71(7)9-2)68-93-97(86,87)91-64-72(79)63-90-96(84,85)92-67-73(94-78(83)62-55-48-39-34-29-24-26-31-36-43-50-57-70(5)6)65-88-75(80)59-52-45-37-32-27-22-20-17-19-21-25-30-35-42-49-56-69(3)4/h14-16,18,69-74,79H,8-13,17,19-68H2,1-7H3,(H,84,85)(H,86,87)/b15-14-,18-16-/t71?,72-,73-,74-/m1/s1. The molecule has 3 N–H and O–H groups in total. The molecule has 0 heterocycles. The molecule has 3 unspecified atom stereocenters. The van der Waals surface area contributed by atoms with Gasteiger partial charge in [-0.2, -0.15) is 0 Å². The quantitative estimate of drug-likeness (QED) is 0.0169. The second kappa shape index (κ2) is 68.0. The van der Waals surface area contributed by atoms with Crippen LogP contribution in [0.4, 0.5) is 0 Å². The molecule has 19 heteroatoms. The molecule has 0 spiro atoms. The summed E-state index contributed by atoms with van der Waals surface area (Å²) in [4.78, 5) is 72.9. The number of ether oxygens (including phenoxy) is 4. The maximum absolute atomic E-state index is 13.1. The number of aliphatic hydroxyl groups is 1. The van der Waals surface area contributed by atoms with E-state index in [1.165, 1.54) is 167 Å². The van der Waals surface area contributed by atoms with Gasteiger partial charge in [-0.05, 0) is 69.1 Å². The topological polar surface area (TPSA) is 237 Å². The first-order valence-electron chi connectivity index (χ1n) is 39.7. The predicted octanol–water partition coefficient (Wildman–Crippen LogP) is 22.5. The second-order valence-electron chi connectivity index (χ2n) is 28.6. The average molecular weight is 1420 g/mol. The number of rotatable bonds is 74. The molecule has 0 rings (SSSR count). The van der Waals surface area contributed by atoms with Crippen LogP contribution in [0.5, 0.6) is 0 Å². The van der Waals surface area contributed by atoms with Crippen molar-refractivity contribution in [2.75, 3.05) is 39.6 Å². The lowest BCUT2D eigenvalue weighted by molar-refractivity contribution is -0.161. The molecule has 0 aromatic rings. The molecular weight excluding hydrogens is 1270 g/mol. The first kappa shape index (κ1) is 94.5. The van der Waals surface area contributed by atoms with Gasteiger partial charge in [0.15, 0.2) is 12.2 Å². The highest BCUT2D eigenvalue weighted by molar-refractivity contribution is 7.47. The highest BCUT2D eigenvalue weighted by Gasteiger charge is 2.30. The van der Waals surface area contributed by atoms with Crippen molar-refractivity contribution >= 4 is 39.5 Å². The summed E-state index contributed by atoms with van der Waals surface area (Å²) in [6.45, 7) is 11.8. The number of hydrogen-bond acceptors (Lipinski definition) is 15. The molecule has 0 aliphatic carbocycles. The molecule has 0 bridgehead atoms. The number of phosphoric ester groups is 2. The van der Waals surface area contributed by atoms with Crippen LogP contribution in [-0.2, 0) is 65.4 Å². The Labute approximate surface area is 592 Å². The molecule has 0 saturated carbocycles. The molecule has 0 radical (unpaired) electrons. The van der Waals surface area contributed by atoms with Gasteiger partial charge in [0.25, 0.3) is 0 Å². The summed E-state index contributed by atoms with van der Waals surface area (Å²) in [5, 5.41) is 10.6. The third-order valence-corrected chi connectivity index (χ3v) is 19.8. The number of allylic oxidation sites excluding steroid dienone is 4. The number of carbonyl (C=O) groups excluding carboxylic acids is 4. The number of hydrogen-bond donors (Lipinski definition) is 3. The van der Waals surface area contributed by atoms with Crippen LogP contribution < -0.4 is 0 Å². The third kappa shape index (κ3) is 70.4. The van der Waals surface area contributed by atoms with E-state index in [1.807, 2.05) is 0 Å². The summed E-state index contributed by atoms with van der Waals surface area (Å²) in [5.41, 5.74) is 0. The fourth-order valence-electron chi connectivity index (χ4n) is 11.4. The maximum Gasteiger partial charge on any atom is 0.472 e. The van der Waals surface area contributed by atoms with Crippen molar-refractivity contribution in [3.05, 3.63) is 24.3 Å². The molecule has 0 aromatic heterocycles. The number of phosphoric acid groups is 2. The third-order valence-electron chi connectivity index (χ3n) is 17.9. The van der Waals surface area contributed by atoms with Crippen molar-refractivity contribution in [3.63, 3.8) is 0 Å². The largest absolute Gasteiger partial charge is 0.472 e. The van der Waals surface area contributed by atoms with E-state index in [9.17, 15) is 43.2 Å². The highest BCUT2D eigenvalue weighted by Crippen LogP contribution is 2.45. The lowest BCUT2D eigenvalue weighted by Crippen LogP contribution is -2.30. The molecule has 17 nitrogen and oxygen atoms in total. The van der Waals surface area contributed by atoms with E-state index < -0.39 is 97.5 Å². The average Bonchev–Trinajstić information content (AvgIpc) is 1.05. The molecule has 0 aliphatic rings. The van der Waals surface area contributed by atoms with Crippen LogP contribution in [0.2, 0.25) is 0 Å². The van der Waals surface area contributed by atoms with E-state index >= 15 is 0 Å². The second-order valence-corrected chi connectivity index (χ2v) is 31.5. The minimum Gasteiger partial charge on any atom is -0.462 e. The zero-order valence-electron chi connectivity index (χ0n) is 63.0. The fourth-order valence-corrected chi connectivity index (χ4v) is 13.0. The number of esters is 4. The zero-order valence-corrected chi connectivity index (χ0v) is 64.8. The van der Waals surface area contributed by atoms with E-state index in [-0.39, 0.29) is 25.7 Å². The normalized spacial score (nSPS) is 14.5. The smallest absolute Gasteiger partial charge is 0.462 e. The Hall–Kier alpha value is -2.46. The Balaban J connectivity index is 5.27. The Morgan fingerprint density at radius 1 is 0.340 bits per heavy atom. The lowest BCUT2D eigenvalue weighted by Gasteiger charge is -2.21. The van der Waals surface area contributed by atoms with Crippen LogP contribution in [0.3, 0.4) is 0 Å². The Kier molecular flexibility index (Phi) is 66.3. The van der Waals surface area contributed by atoms with Gasteiger partial charge >= 0.3 is 39.5 Å². The van der Waals surface area contributed by atoms with Gasteiger partial charge in [0.2, 0.25) is 0 Å². The molecule has 0 aliphatic heterocycles. The summed E-state index contributed by atoms with van der Waals surface area (Å²) in [7, 11) is -9.93. The van der Waals surface area contributed by atoms with E-state index in [0.29, 0.717) is 25.7 Å². The SMILES string of the molecule is CCCCCC/C=C\C=C/CCCCCCCC(=O)O[C@H](COC(=O)CCCCCCCCC(C)CC)COP(=O)(O)OC[C@H](O)COP(=O)(O)OC[C@@H](COC(=O)CCCCCCCCCCCCCCCCCC(C)C)OC(=O)CCCCCCCCCCCCCC(C)C. The number of aliphatic hydroxyl groups excluding tert-OH is 1. The zero-order chi connectivity index (χ0) is 71.6. The molecule has 97 heavy (non-hydrogen) atoms. The van der Waals surface area contributed by atoms with Crippen molar-refractivity contribution < 1.29 is 80.2 Å². The van der Waals surface area contributed by atoms with Crippen LogP contribution in [-0.4, -0.2) is 96.7 Å². The van der Waals surface area contributed by atoms with E-state index in [2.05, 4.69) is 72.8 Å². The van der Waals surface area contributed by atoms with Gasteiger partial charge in [-0.3, -0.25) is 37.3 Å². The molecule has 6 atom stereocenters. The molecule has 0 saturated heterocycles. The predicted molar refractivity (Wildman–Crippen MR) is 395 cm³/mol. The first-order valence-corrected chi connectivity index (χ1v) is 42.7. The summed E-state index contributed by atoms with van der Waals surface area (Å²) in [5.74, 6) is 0.149. The van der Waals surface area contributed by atoms with Crippen LogP contribution in [0.25, 0.3) is 0 Å². The van der Waals surface area contributed by atoms with Gasteiger partial charge in [0.1, 0.15) is 19.3 Å². The molecular formula is C78H148O17P2. The van der Waals surface area contributed by atoms with E-state index in [4.69, 9.17) is 37.0 Å². The minimum absolute atomic E-state index is 0.0839. The highest BCUT2D eigenvalue weighted by atomic mass is 31.2. The summed E-state index contributed by atoms with van der Waals surface area (Å²) in [6, 6.07) is 0. The van der Waals surface area contributed by atoms with Gasteiger partial charge < -0.3 is 33.8 Å². The van der Waals surface area contributed by atoms with Gasteiger partial charge in [0.05, 0.1) is 26.4 Å². The van der Waals surface area contributed by atoms with Crippen molar-refractivity contribution in [2.45, 2.75) is 394 Å². The lowest BCUT2D eigenvalue weighted by atomic mass is 10.00. The minimum atomic E-state index is -4.96. The van der Waals surface area contributed by atoms with Crippen molar-refractivity contribution in [3.8, 4) is 0 Å². The Morgan fingerprint density at radius 2 is 0.608 bits per heavy atom. The number of unbranched alkanes of at least 4 members (excludes halogenated alkanes) is 38. The van der Waals surface area contributed by atoms with Gasteiger partial charge in [-0.25, -0.2) is 9.13 Å². The summed E-state index contributed by atoms with van der Waals surface area (Å²) < 4.78 is 68.5. The monoisotopic (exact) mass is 1420 g/mol. The van der Waals surface area contributed by atoms with E-state index in [0.717, 1.165) is 127 Å². The van der Waals surface area contributed by atoms with Gasteiger partial charge in [0, 0.05) is 25.7 Å². The van der Waals surface area contributed by atoms with Crippen LogP contribution in [0.15, 0.2) is 24.3 Å². The Bertz CT molecular complexity index is 1980. The molecule has 572 valence electrons. The first-order chi connectivity index (χ1) is 46.8. The van der Waals surface area contributed by atoms with E-state index in [1.54, 1.807) is 0 Å². The van der Waals surface area contributed by atoms with Gasteiger partial charge in [-0.1, -0.05) is 323 Å². The van der Waals surface area contributed by atoms with Crippen LogP contribution >= 0.6 is 15.6 Å². The van der Waals surface area contributed by atoms with Crippen LogP contribution in [0, 0.1) is 17.8 Å². The molecule has 0 aromatic carbocycles.